The van der Waals surface area contributed by atoms with Gasteiger partial charge in [0.2, 0.25) is 10.0 Å². The van der Waals surface area contributed by atoms with Crippen molar-refractivity contribution in [3.63, 3.8) is 0 Å². The molecule has 0 bridgehead atoms. The minimum absolute atomic E-state index is 0.205. The number of sulfonamides is 1. The van der Waals surface area contributed by atoms with Crippen LogP contribution in [0.25, 0.3) is 28.1 Å². The first-order chi connectivity index (χ1) is 19.0. The van der Waals surface area contributed by atoms with E-state index >= 15 is 0 Å². The number of nitrogens with one attached hydrogen (secondary N) is 2. The lowest BCUT2D eigenvalue weighted by molar-refractivity contribution is 0.414. The van der Waals surface area contributed by atoms with E-state index in [1.54, 1.807) is 25.4 Å². The molecule has 0 amide bonds. The second-order valence-corrected chi connectivity index (χ2v) is 10.6. The van der Waals surface area contributed by atoms with Gasteiger partial charge in [0.05, 0.1) is 17.7 Å². The van der Waals surface area contributed by atoms with Crippen molar-refractivity contribution in [3.8, 4) is 33.8 Å². The molecule has 0 radical (unpaired) electrons. The van der Waals surface area contributed by atoms with Gasteiger partial charge in [-0.1, -0.05) is 48.5 Å². The summed E-state index contributed by atoms with van der Waals surface area (Å²) in [7, 11) is -2.04. The molecule has 8 nitrogen and oxygen atoms in total. The normalized spacial score (nSPS) is 11.3. The number of anilines is 1. The summed E-state index contributed by atoms with van der Waals surface area (Å²) in [5.74, 6) is 1.31. The predicted molar refractivity (Wildman–Crippen MR) is 154 cm³/mol. The summed E-state index contributed by atoms with van der Waals surface area (Å²) in [6.45, 7) is 0.847. The summed E-state index contributed by atoms with van der Waals surface area (Å²) in [5, 5.41) is 8.21. The molecule has 2 N–H and O–H groups in total. The first-order valence-corrected chi connectivity index (χ1v) is 14.1. The Morgan fingerprint density at radius 2 is 1.56 bits per heavy atom. The molecule has 5 rings (SSSR count). The molecule has 2 heterocycles. The van der Waals surface area contributed by atoms with Gasteiger partial charge in [-0.2, -0.15) is 5.10 Å². The van der Waals surface area contributed by atoms with Crippen molar-refractivity contribution >= 4 is 15.8 Å². The largest absolute Gasteiger partial charge is 0.497 e. The van der Waals surface area contributed by atoms with Crippen LogP contribution in [-0.2, 0) is 10.0 Å². The Labute approximate surface area is 228 Å². The van der Waals surface area contributed by atoms with Crippen molar-refractivity contribution in [2.45, 2.75) is 11.3 Å². The van der Waals surface area contributed by atoms with Gasteiger partial charge in [0.1, 0.15) is 17.3 Å². The third-order valence-electron chi connectivity index (χ3n) is 6.17. The second kappa shape index (κ2) is 11.9. The number of pyridine rings is 1. The van der Waals surface area contributed by atoms with E-state index in [1.165, 1.54) is 12.1 Å². The van der Waals surface area contributed by atoms with E-state index in [0.29, 0.717) is 31.1 Å². The topological polar surface area (TPSA) is 98.1 Å². The number of aromatic nitrogens is 3. The lowest BCUT2D eigenvalue weighted by Gasteiger charge is -2.09. The Balaban J connectivity index is 1.27. The van der Waals surface area contributed by atoms with E-state index in [1.807, 2.05) is 71.5 Å². The molecule has 3 aromatic carbocycles. The Hall–Kier alpha value is -4.47. The molecule has 0 aliphatic heterocycles. The van der Waals surface area contributed by atoms with Crippen LogP contribution in [0.1, 0.15) is 6.42 Å². The molecule has 0 unspecified atom stereocenters. The average molecular weight is 540 g/mol. The molecule has 0 spiro atoms. The number of methoxy groups -OCH3 is 1. The highest BCUT2D eigenvalue weighted by Gasteiger charge is 2.15. The van der Waals surface area contributed by atoms with Crippen LogP contribution < -0.4 is 14.8 Å². The lowest BCUT2D eigenvalue weighted by atomic mass is 10.0. The maximum atomic E-state index is 12.5. The van der Waals surface area contributed by atoms with Crippen molar-refractivity contribution in [1.82, 2.24) is 19.5 Å². The van der Waals surface area contributed by atoms with Crippen molar-refractivity contribution in [2.75, 3.05) is 25.5 Å². The SMILES string of the molecule is COc1ccc(S(=O)(=O)NCCCNc2cc(-c3cn(-c4ccccc4)nc3-c3ccccc3)ccn2)cc1. The third-order valence-corrected chi connectivity index (χ3v) is 7.65. The smallest absolute Gasteiger partial charge is 0.240 e. The van der Waals surface area contributed by atoms with Gasteiger partial charge in [0, 0.05) is 36.6 Å². The lowest BCUT2D eigenvalue weighted by Crippen LogP contribution is -2.26. The van der Waals surface area contributed by atoms with Gasteiger partial charge >= 0.3 is 0 Å². The maximum Gasteiger partial charge on any atom is 0.240 e. The molecule has 0 atom stereocenters. The Bertz CT molecular complexity index is 1620. The van der Waals surface area contributed by atoms with E-state index in [2.05, 4.69) is 27.2 Å². The van der Waals surface area contributed by atoms with Crippen molar-refractivity contribution in [3.05, 3.63) is 109 Å². The van der Waals surface area contributed by atoms with Crippen molar-refractivity contribution in [1.29, 1.82) is 0 Å². The quantitative estimate of drug-likeness (QED) is 0.219. The number of hydrogen-bond acceptors (Lipinski definition) is 6. The molecule has 0 aliphatic rings. The van der Waals surface area contributed by atoms with E-state index in [4.69, 9.17) is 9.84 Å². The zero-order chi connectivity index (χ0) is 27.1. The zero-order valence-corrected chi connectivity index (χ0v) is 22.3. The van der Waals surface area contributed by atoms with Gasteiger partial charge in [-0.05, 0) is 60.5 Å². The summed E-state index contributed by atoms with van der Waals surface area (Å²) >= 11 is 0. The minimum Gasteiger partial charge on any atom is -0.497 e. The van der Waals surface area contributed by atoms with Crippen molar-refractivity contribution < 1.29 is 13.2 Å². The van der Waals surface area contributed by atoms with Gasteiger partial charge in [0.25, 0.3) is 0 Å². The Morgan fingerprint density at radius 1 is 0.846 bits per heavy atom. The van der Waals surface area contributed by atoms with E-state index < -0.39 is 10.0 Å². The first kappa shape index (κ1) is 26.1. The summed E-state index contributed by atoms with van der Waals surface area (Å²) in [4.78, 5) is 4.66. The fraction of sp³-hybridized carbons (Fsp3) is 0.133. The summed E-state index contributed by atoms with van der Waals surface area (Å²) in [6.07, 6.45) is 4.38. The number of hydrogen-bond donors (Lipinski definition) is 2. The second-order valence-electron chi connectivity index (χ2n) is 8.82. The van der Waals surface area contributed by atoms with Crippen LogP contribution in [-0.4, -0.2) is 43.4 Å². The van der Waals surface area contributed by atoms with E-state index in [-0.39, 0.29) is 4.90 Å². The van der Waals surface area contributed by atoms with Crippen LogP contribution in [0.3, 0.4) is 0 Å². The molecule has 0 saturated heterocycles. The summed E-state index contributed by atoms with van der Waals surface area (Å²) in [5.41, 5.74) is 4.85. The molecular weight excluding hydrogens is 510 g/mol. The zero-order valence-electron chi connectivity index (χ0n) is 21.5. The molecule has 2 aromatic heterocycles. The molecule has 198 valence electrons. The molecule has 39 heavy (non-hydrogen) atoms. The number of para-hydroxylation sites is 1. The average Bonchev–Trinajstić information content (AvgIpc) is 3.44. The number of nitrogens with zero attached hydrogens (tertiary/aromatic N) is 3. The monoisotopic (exact) mass is 539 g/mol. The molecule has 0 saturated carbocycles. The predicted octanol–water partition coefficient (Wildman–Crippen LogP) is 5.39. The highest BCUT2D eigenvalue weighted by atomic mass is 32.2. The number of benzene rings is 3. The molecule has 5 aromatic rings. The fourth-order valence-electron chi connectivity index (χ4n) is 4.15. The third kappa shape index (κ3) is 6.34. The van der Waals surface area contributed by atoms with E-state index in [0.717, 1.165) is 28.1 Å². The van der Waals surface area contributed by atoms with Gasteiger partial charge in [-0.25, -0.2) is 22.8 Å². The number of ether oxygens (including phenoxy) is 1. The van der Waals surface area contributed by atoms with Crippen LogP contribution in [0.15, 0.2) is 114 Å². The first-order valence-electron chi connectivity index (χ1n) is 12.6. The molecule has 9 heteroatoms. The van der Waals surface area contributed by atoms with Crippen LogP contribution >= 0.6 is 0 Å². The summed E-state index contributed by atoms with van der Waals surface area (Å²) in [6, 6.07) is 30.4. The highest BCUT2D eigenvalue weighted by molar-refractivity contribution is 7.89. The van der Waals surface area contributed by atoms with Gasteiger partial charge in [-0.3, -0.25) is 0 Å². The molecular formula is C30H29N5O3S. The molecule has 0 fully saturated rings. The van der Waals surface area contributed by atoms with Gasteiger partial charge in [0.15, 0.2) is 0 Å². The van der Waals surface area contributed by atoms with Crippen LogP contribution in [0.4, 0.5) is 5.82 Å². The van der Waals surface area contributed by atoms with E-state index in [9.17, 15) is 8.42 Å². The maximum absolute atomic E-state index is 12.5. The van der Waals surface area contributed by atoms with Crippen LogP contribution in [0.5, 0.6) is 5.75 Å². The molecule has 0 aliphatic carbocycles. The highest BCUT2D eigenvalue weighted by Crippen LogP contribution is 2.32. The van der Waals surface area contributed by atoms with Gasteiger partial charge in [-0.15, -0.1) is 0 Å². The number of rotatable bonds is 11. The van der Waals surface area contributed by atoms with Crippen molar-refractivity contribution in [2.24, 2.45) is 0 Å². The minimum atomic E-state index is -3.58. The van der Waals surface area contributed by atoms with Crippen LogP contribution in [0.2, 0.25) is 0 Å². The summed E-state index contributed by atoms with van der Waals surface area (Å²) < 4.78 is 34.7. The van der Waals surface area contributed by atoms with Crippen LogP contribution in [0, 0.1) is 0 Å². The Morgan fingerprint density at radius 3 is 2.28 bits per heavy atom. The Kier molecular flexibility index (Phi) is 8.00. The standard InChI is InChI=1S/C30H29N5O3S/c1-38-26-13-15-27(16-14-26)39(36,37)33-19-8-18-31-29-21-24(17-20-32-29)28-22-35(25-11-6-3-7-12-25)34-30(28)23-9-4-2-5-10-23/h2-7,9-17,20-22,33H,8,18-19H2,1H3,(H,31,32). The van der Waals surface area contributed by atoms with Gasteiger partial charge < -0.3 is 10.1 Å². The fourth-order valence-corrected chi connectivity index (χ4v) is 5.23.